The maximum atomic E-state index is 13.6. The van der Waals surface area contributed by atoms with Crippen LogP contribution in [0, 0.1) is 17.6 Å². The SMILES string of the molecule is CNC(Cc1c(F)cccc1F)C1CCCCC1. The van der Waals surface area contributed by atoms with Crippen molar-refractivity contribution >= 4 is 0 Å². The summed E-state index contributed by atoms with van der Waals surface area (Å²) < 4.78 is 27.3. The molecule has 0 aromatic heterocycles. The molecule has 0 bridgehead atoms. The van der Waals surface area contributed by atoms with Crippen molar-refractivity contribution in [1.29, 1.82) is 0 Å². The van der Waals surface area contributed by atoms with Gasteiger partial charge in [-0.2, -0.15) is 0 Å². The first-order chi connectivity index (χ1) is 8.72. The van der Waals surface area contributed by atoms with E-state index >= 15 is 0 Å². The van der Waals surface area contributed by atoms with E-state index in [0.29, 0.717) is 12.3 Å². The summed E-state index contributed by atoms with van der Waals surface area (Å²) in [5, 5.41) is 3.24. The molecule has 1 unspecified atom stereocenters. The first-order valence-electron chi connectivity index (χ1n) is 6.82. The Morgan fingerprint density at radius 1 is 1.17 bits per heavy atom. The summed E-state index contributed by atoms with van der Waals surface area (Å²) in [6.07, 6.45) is 6.55. The van der Waals surface area contributed by atoms with Crippen LogP contribution in [0.15, 0.2) is 18.2 Å². The van der Waals surface area contributed by atoms with Crippen molar-refractivity contribution in [3.8, 4) is 0 Å². The van der Waals surface area contributed by atoms with E-state index in [2.05, 4.69) is 5.32 Å². The summed E-state index contributed by atoms with van der Waals surface area (Å²) in [4.78, 5) is 0. The number of nitrogens with one attached hydrogen (secondary N) is 1. The maximum absolute atomic E-state index is 13.6. The van der Waals surface area contributed by atoms with Crippen LogP contribution in [0.1, 0.15) is 37.7 Å². The van der Waals surface area contributed by atoms with Crippen LogP contribution in [-0.2, 0) is 6.42 Å². The van der Waals surface area contributed by atoms with Gasteiger partial charge in [0.25, 0.3) is 0 Å². The fraction of sp³-hybridized carbons (Fsp3) is 0.600. The summed E-state index contributed by atoms with van der Waals surface area (Å²) in [6.45, 7) is 0. The van der Waals surface area contributed by atoms with Gasteiger partial charge < -0.3 is 5.32 Å². The third-order valence-electron chi connectivity index (χ3n) is 4.08. The molecule has 1 aromatic rings. The lowest BCUT2D eigenvalue weighted by Crippen LogP contribution is -2.37. The summed E-state index contributed by atoms with van der Waals surface area (Å²) in [6, 6.07) is 4.28. The zero-order valence-electron chi connectivity index (χ0n) is 10.9. The van der Waals surface area contributed by atoms with Gasteiger partial charge >= 0.3 is 0 Å². The molecule has 1 atom stereocenters. The number of benzene rings is 1. The van der Waals surface area contributed by atoms with Gasteiger partial charge in [0.1, 0.15) is 11.6 Å². The van der Waals surface area contributed by atoms with Gasteiger partial charge in [0.15, 0.2) is 0 Å². The zero-order chi connectivity index (χ0) is 13.0. The second kappa shape index (κ2) is 6.28. The summed E-state index contributed by atoms with van der Waals surface area (Å²) >= 11 is 0. The van der Waals surface area contributed by atoms with Gasteiger partial charge in [-0.05, 0) is 44.4 Å². The van der Waals surface area contributed by atoms with Crippen LogP contribution in [-0.4, -0.2) is 13.1 Å². The molecular formula is C15H21F2N. The van der Waals surface area contributed by atoms with Crippen LogP contribution in [0.25, 0.3) is 0 Å². The first kappa shape index (κ1) is 13.5. The fourth-order valence-corrected chi connectivity index (χ4v) is 2.99. The molecule has 0 spiro atoms. The lowest BCUT2D eigenvalue weighted by atomic mass is 9.81. The lowest BCUT2D eigenvalue weighted by molar-refractivity contribution is 0.273. The maximum Gasteiger partial charge on any atom is 0.129 e. The van der Waals surface area contributed by atoms with Gasteiger partial charge in [-0.25, -0.2) is 8.78 Å². The Bertz CT molecular complexity index is 366. The summed E-state index contributed by atoms with van der Waals surface area (Å²) in [5.41, 5.74) is 0.224. The average Bonchev–Trinajstić information content (AvgIpc) is 2.40. The van der Waals surface area contributed by atoms with Crippen molar-refractivity contribution < 1.29 is 8.78 Å². The second-order valence-corrected chi connectivity index (χ2v) is 5.20. The van der Waals surface area contributed by atoms with Crippen molar-refractivity contribution in [3.05, 3.63) is 35.4 Å². The highest BCUT2D eigenvalue weighted by Gasteiger charge is 2.24. The van der Waals surface area contributed by atoms with Crippen LogP contribution in [0.2, 0.25) is 0 Å². The van der Waals surface area contributed by atoms with Crippen LogP contribution < -0.4 is 5.32 Å². The minimum atomic E-state index is -0.425. The largest absolute Gasteiger partial charge is 0.316 e. The van der Waals surface area contributed by atoms with Crippen molar-refractivity contribution in [1.82, 2.24) is 5.32 Å². The number of likely N-dealkylation sites (N-methyl/N-ethyl adjacent to an activating group) is 1. The Hall–Kier alpha value is -0.960. The van der Waals surface area contributed by atoms with Gasteiger partial charge in [-0.15, -0.1) is 0 Å². The molecule has 1 fully saturated rings. The van der Waals surface area contributed by atoms with Gasteiger partial charge in [0.2, 0.25) is 0 Å². The van der Waals surface area contributed by atoms with E-state index < -0.39 is 11.6 Å². The molecule has 3 heteroatoms. The molecule has 1 aromatic carbocycles. The van der Waals surface area contributed by atoms with E-state index in [-0.39, 0.29) is 11.6 Å². The minimum Gasteiger partial charge on any atom is -0.316 e. The highest BCUT2D eigenvalue weighted by molar-refractivity contribution is 5.21. The molecule has 1 aliphatic rings. The Kier molecular flexibility index (Phi) is 4.70. The van der Waals surface area contributed by atoms with Crippen molar-refractivity contribution in [2.75, 3.05) is 7.05 Å². The molecule has 0 radical (unpaired) electrons. The third-order valence-corrected chi connectivity index (χ3v) is 4.08. The molecule has 100 valence electrons. The van der Waals surface area contributed by atoms with Gasteiger partial charge in [0, 0.05) is 11.6 Å². The molecule has 1 N–H and O–H groups in total. The number of hydrogen-bond donors (Lipinski definition) is 1. The molecular weight excluding hydrogens is 232 g/mol. The van der Waals surface area contributed by atoms with Crippen LogP contribution >= 0.6 is 0 Å². The Morgan fingerprint density at radius 2 is 1.78 bits per heavy atom. The minimum absolute atomic E-state index is 0.177. The van der Waals surface area contributed by atoms with Crippen LogP contribution in [0.4, 0.5) is 8.78 Å². The summed E-state index contributed by atoms with van der Waals surface area (Å²) in [7, 11) is 1.89. The van der Waals surface area contributed by atoms with Crippen LogP contribution in [0.3, 0.4) is 0 Å². The van der Waals surface area contributed by atoms with E-state index in [9.17, 15) is 8.78 Å². The first-order valence-corrected chi connectivity index (χ1v) is 6.82. The smallest absolute Gasteiger partial charge is 0.129 e. The van der Waals surface area contributed by atoms with Gasteiger partial charge in [-0.1, -0.05) is 25.3 Å². The van der Waals surface area contributed by atoms with Crippen molar-refractivity contribution in [2.45, 2.75) is 44.6 Å². The highest BCUT2D eigenvalue weighted by Crippen LogP contribution is 2.28. The van der Waals surface area contributed by atoms with Crippen LogP contribution in [0.5, 0.6) is 0 Å². The van der Waals surface area contributed by atoms with Crippen molar-refractivity contribution in [3.63, 3.8) is 0 Å². The molecule has 1 aliphatic carbocycles. The fourth-order valence-electron chi connectivity index (χ4n) is 2.99. The molecule has 18 heavy (non-hydrogen) atoms. The normalized spacial score (nSPS) is 18.8. The molecule has 1 saturated carbocycles. The molecule has 0 amide bonds. The monoisotopic (exact) mass is 253 g/mol. The van der Waals surface area contributed by atoms with E-state index in [4.69, 9.17) is 0 Å². The second-order valence-electron chi connectivity index (χ2n) is 5.20. The molecule has 0 aliphatic heterocycles. The predicted octanol–water partition coefficient (Wildman–Crippen LogP) is 3.68. The molecule has 0 saturated heterocycles. The number of rotatable bonds is 4. The molecule has 2 rings (SSSR count). The van der Waals surface area contributed by atoms with E-state index in [1.165, 1.54) is 50.3 Å². The lowest BCUT2D eigenvalue weighted by Gasteiger charge is -2.30. The average molecular weight is 253 g/mol. The molecule has 1 nitrogen and oxygen atoms in total. The topological polar surface area (TPSA) is 12.0 Å². The van der Waals surface area contributed by atoms with Gasteiger partial charge in [-0.3, -0.25) is 0 Å². The van der Waals surface area contributed by atoms with E-state index in [0.717, 1.165) is 0 Å². The Labute approximate surface area is 108 Å². The standard InChI is InChI=1S/C15H21F2N/c1-18-15(11-6-3-2-4-7-11)10-12-13(16)8-5-9-14(12)17/h5,8-9,11,15,18H,2-4,6-7,10H2,1H3. The number of halogens is 2. The third kappa shape index (κ3) is 3.08. The quantitative estimate of drug-likeness (QED) is 0.863. The Balaban J connectivity index is 2.09. The van der Waals surface area contributed by atoms with E-state index in [1.807, 2.05) is 7.05 Å². The number of hydrogen-bond acceptors (Lipinski definition) is 1. The zero-order valence-corrected chi connectivity index (χ0v) is 10.9. The predicted molar refractivity (Wildman–Crippen MR) is 69.5 cm³/mol. The highest BCUT2D eigenvalue weighted by atomic mass is 19.1. The molecule has 0 heterocycles. The van der Waals surface area contributed by atoms with Crippen molar-refractivity contribution in [2.24, 2.45) is 5.92 Å². The van der Waals surface area contributed by atoms with E-state index in [1.54, 1.807) is 0 Å². The van der Waals surface area contributed by atoms with Gasteiger partial charge in [0.05, 0.1) is 0 Å². The summed E-state index contributed by atoms with van der Waals surface area (Å²) in [5.74, 6) is -0.306. The Morgan fingerprint density at radius 3 is 2.33 bits per heavy atom.